The van der Waals surface area contributed by atoms with Gasteiger partial charge < -0.3 is 5.32 Å². The van der Waals surface area contributed by atoms with Gasteiger partial charge in [0.1, 0.15) is 0 Å². The first kappa shape index (κ1) is 23.0. The fourth-order valence-corrected chi connectivity index (χ4v) is 5.52. The number of rotatable bonds is 8. The molecule has 10 heteroatoms. The van der Waals surface area contributed by atoms with Gasteiger partial charge in [-0.2, -0.15) is 11.3 Å². The molecule has 0 aliphatic rings. The smallest absolute Gasteiger partial charge is 0.269 e. The van der Waals surface area contributed by atoms with Crippen LogP contribution in [0.25, 0.3) is 10.2 Å². The third kappa shape index (κ3) is 6.41. The number of nitrogens with zero attached hydrogens (tertiary/aromatic N) is 1. The number of thiophene rings is 1. The molecule has 7 nitrogen and oxygen atoms in total. The number of carbonyl (C=O) groups is 3. The lowest BCUT2D eigenvalue weighted by Crippen LogP contribution is -2.42. The lowest BCUT2D eigenvalue weighted by atomic mass is 10.1. The minimum atomic E-state index is -0.406. The van der Waals surface area contributed by atoms with Crippen LogP contribution in [0, 0.1) is 0 Å². The lowest BCUT2D eigenvalue weighted by Gasteiger charge is -2.08. The van der Waals surface area contributed by atoms with Gasteiger partial charge in [-0.15, -0.1) is 11.3 Å². The average Bonchev–Trinajstić information content (AvgIpc) is 3.51. The molecule has 0 saturated heterocycles. The Morgan fingerprint density at radius 1 is 0.909 bits per heavy atom. The lowest BCUT2D eigenvalue weighted by molar-refractivity contribution is -0.121. The van der Waals surface area contributed by atoms with Crippen molar-refractivity contribution in [3.63, 3.8) is 0 Å². The molecule has 0 fully saturated rings. The molecule has 33 heavy (non-hydrogen) atoms. The number of hydrogen-bond donors (Lipinski definition) is 3. The maximum atomic E-state index is 12.3. The van der Waals surface area contributed by atoms with Crippen molar-refractivity contribution in [1.29, 1.82) is 0 Å². The van der Waals surface area contributed by atoms with Crippen LogP contribution >= 0.6 is 34.4 Å². The molecule has 168 valence electrons. The molecule has 0 aliphatic carbocycles. The average molecular weight is 497 g/mol. The van der Waals surface area contributed by atoms with Gasteiger partial charge in [0.05, 0.1) is 10.2 Å². The van der Waals surface area contributed by atoms with Crippen molar-refractivity contribution < 1.29 is 14.4 Å². The number of hydrazine groups is 1. The van der Waals surface area contributed by atoms with Gasteiger partial charge in [-0.05, 0) is 41.3 Å². The molecule has 2 heterocycles. The van der Waals surface area contributed by atoms with Crippen LogP contribution in [0.5, 0.6) is 0 Å². The Hall–Kier alpha value is -3.21. The van der Waals surface area contributed by atoms with Crippen molar-refractivity contribution >= 4 is 62.4 Å². The fraction of sp³-hybridized carbons (Fsp3) is 0.130. The predicted octanol–water partition coefficient (Wildman–Crippen LogP) is 4.23. The van der Waals surface area contributed by atoms with Crippen molar-refractivity contribution in [2.75, 3.05) is 6.54 Å². The molecule has 3 amide bonds. The standard InChI is InChI=1S/C23H20N4O3S3/c28-20(9-11-24-21(29)17-10-12-31-14-17)26-27-22(30)16-7-5-15(6-8-16)13-32-23-25-18-3-1-2-4-19(18)33-23/h1-8,10,12,14H,9,11,13H2,(H,24,29)(H,26,28)(H,27,30). The molecule has 0 radical (unpaired) electrons. The fourth-order valence-electron chi connectivity index (χ4n) is 2.86. The summed E-state index contributed by atoms with van der Waals surface area (Å²) in [6, 6.07) is 17.0. The van der Waals surface area contributed by atoms with E-state index < -0.39 is 11.8 Å². The molecular formula is C23H20N4O3S3. The highest BCUT2D eigenvalue weighted by Gasteiger charge is 2.10. The van der Waals surface area contributed by atoms with E-state index in [9.17, 15) is 14.4 Å². The highest BCUT2D eigenvalue weighted by molar-refractivity contribution is 8.00. The van der Waals surface area contributed by atoms with E-state index in [1.807, 2.05) is 35.7 Å². The molecule has 3 N–H and O–H groups in total. The van der Waals surface area contributed by atoms with Gasteiger partial charge in [0.2, 0.25) is 5.91 Å². The molecule has 4 rings (SSSR count). The van der Waals surface area contributed by atoms with E-state index in [1.165, 1.54) is 16.0 Å². The minimum absolute atomic E-state index is 0.0537. The van der Waals surface area contributed by atoms with E-state index in [4.69, 9.17) is 0 Å². The second kappa shape index (κ2) is 11.1. The number of amides is 3. The van der Waals surface area contributed by atoms with Crippen LogP contribution < -0.4 is 16.2 Å². The normalized spacial score (nSPS) is 10.7. The zero-order valence-corrected chi connectivity index (χ0v) is 19.8. The third-order valence-electron chi connectivity index (χ3n) is 4.59. The maximum Gasteiger partial charge on any atom is 0.269 e. The summed E-state index contributed by atoms with van der Waals surface area (Å²) in [6.07, 6.45) is 0.0537. The van der Waals surface area contributed by atoms with Crippen LogP contribution in [-0.4, -0.2) is 29.3 Å². The molecule has 0 saturated carbocycles. The molecular weight excluding hydrogens is 476 g/mol. The van der Waals surface area contributed by atoms with Crippen LogP contribution in [0.1, 0.15) is 32.7 Å². The summed E-state index contributed by atoms with van der Waals surface area (Å²) in [5, 5.41) is 6.21. The van der Waals surface area contributed by atoms with Gasteiger partial charge in [-0.1, -0.05) is 36.0 Å². The Labute approximate surface area is 202 Å². The van der Waals surface area contributed by atoms with Crippen molar-refractivity contribution in [2.24, 2.45) is 0 Å². The van der Waals surface area contributed by atoms with E-state index in [-0.39, 0.29) is 18.9 Å². The van der Waals surface area contributed by atoms with Crippen molar-refractivity contribution in [2.45, 2.75) is 16.5 Å². The summed E-state index contributed by atoms with van der Waals surface area (Å²) in [6.45, 7) is 0.178. The van der Waals surface area contributed by atoms with E-state index in [0.29, 0.717) is 11.1 Å². The number of thiazole rings is 1. The van der Waals surface area contributed by atoms with E-state index in [0.717, 1.165) is 21.2 Å². The van der Waals surface area contributed by atoms with Gasteiger partial charge in [0, 0.05) is 35.2 Å². The third-order valence-corrected chi connectivity index (χ3v) is 7.52. The van der Waals surface area contributed by atoms with Crippen molar-refractivity contribution in [1.82, 2.24) is 21.2 Å². The molecule has 0 aliphatic heterocycles. The van der Waals surface area contributed by atoms with E-state index in [1.54, 1.807) is 46.7 Å². The number of fused-ring (bicyclic) bond motifs is 1. The van der Waals surface area contributed by atoms with Crippen molar-refractivity contribution in [3.05, 3.63) is 82.0 Å². The number of nitrogens with one attached hydrogen (secondary N) is 3. The molecule has 2 aromatic heterocycles. The molecule has 0 spiro atoms. The molecule has 0 unspecified atom stereocenters. The zero-order valence-electron chi connectivity index (χ0n) is 17.4. The monoisotopic (exact) mass is 496 g/mol. The SMILES string of the molecule is O=C(CCNC(=O)c1ccsc1)NNC(=O)c1ccc(CSc2nc3ccccc3s2)cc1. The second-order valence-electron chi connectivity index (χ2n) is 6.95. The summed E-state index contributed by atoms with van der Waals surface area (Å²) in [4.78, 5) is 40.6. The Bertz CT molecular complexity index is 1220. The van der Waals surface area contributed by atoms with Crippen molar-refractivity contribution in [3.8, 4) is 0 Å². The number of aromatic nitrogens is 1. The topological polar surface area (TPSA) is 100 Å². The highest BCUT2D eigenvalue weighted by atomic mass is 32.2. The van der Waals surface area contributed by atoms with Crippen LogP contribution in [0.3, 0.4) is 0 Å². The van der Waals surface area contributed by atoms with Crippen LogP contribution in [0.4, 0.5) is 0 Å². The van der Waals surface area contributed by atoms with E-state index in [2.05, 4.69) is 27.2 Å². The van der Waals surface area contributed by atoms with Gasteiger partial charge in [0.25, 0.3) is 11.8 Å². The highest BCUT2D eigenvalue weighted by Crippen LogP contribution is 2.31. The Morgan fingerprint density at radius 2 is 1.73 bits per heavy atom. The number of thioether (sulfide) groups is 1. The van der Waals surface area contributed by atoms with Crippen LogP contribution in [0.15, 0.2) is 69.7 Å². The van der Waals surface area contributed by atoms with Gasteiger partial charge >= 0.3 is 0 Å². The van der Waals surface area contributed by atoms with Crippen LogP contribution in [0.2, 0.25) is 0 Å². The first-order valence-electron chi connectivity index (χ1n) is 10.1. The molecule has 0 atom stereocenters. The zero-order chi connectivity index (χ0) is 23.0. The summed E-state index contributed by atoms with van der Waals surface area (Å²) in [7, 11) is 0. The number of carbonyl (C=O) groups excluding carboxylic acids is 3. The van der Waals surface area contributed by atoms with Gasteiger partial charge in [-0.3, -0.25) is 25.2 Å². The quantitative estimate of drug-likeness (QED) is 0.250. The molecule has 4 aromatic rings. The number of benzene rings is 2. The Kier molecular flexibility index (Phi) is 7.71. The summed E-state index contributed by atoms with van der Waals surface area (Å²) < 4.78 is 2.17. The summed E-state index contributed by atoms with van der Waals surface area (Å²) in [5.41, 5.74) is 7.84. The second-order valence-corrected chi connectivity index (χ2v) is 9.99. The summed E-state index contributed by atoms with van der Waals surface area (Å²) >= 11 is 4.75. The van der Waals surface area contributed by atoms with Gasteiger partial charge in [0.15, 0.2) is 4.34 Å². The number of para-hydroxylation sites is 1. The predicted molar refractivity (Wildman–Crippen MR) is 133 cm³/mol. The maximum absolute atomic E-state index is 12.3. The largest absolute Gasteiger partial charge is 0.351 e. The number of hydrogen-bond acceptors (Lipinski definition) is 7. The molecule has 0 bridgehead atoms. The minimum Gasteiger partial charge on any atom is -0.351 e. The summed E-state index contributed by atoms with van der Waals surface area (Å²) in [5.74, 6) is -0.279. The first-order chi connectivity index (χ1) is 16.1. The Morgan fingerprint density at radius 3 is 2.48 bits per heavy atom. The molecule has 2 aromatic carbocycles. The first-order valence-corrected chi connectivity index (χ1v) is 12.8. The van der Waals surface area contributed by atoms with Gasteiger partial charge in [-0.25, -0.2) is 4.98 Å². The Balaban J connectivity index is 1.18. The van der Waals surface area contributed by atoms with E-state index >= 15 is 0 Å². The van der Waals surface area contributed by atoms with Crippen LogP contribution in [-0.2, 0) is 10.5 Å².